The number of hydrogen-bond donors (Lipinski definition) is 1. The molecule has 2 rings (SSSR count). The van der Waals surface area contributed by atoms with Crippen molar-refractivity contribution in [2.24, 2.45) is 5.10 Å². The van der Waals surface area contributed by atoms with Crippen molar-refractivity contribution in [2.75, 3.05) is 7.05 Å². The summed E-state index contributed by atoms with van der Waals surface area (Å²) in [5.41, 5.74) is 1.93. The second kappa shape index (κ2) is 3.73. The second-order valence-electron chi connectivity index (χ2n) is 3.55. The van der Waals surface area contributed by atoms with Crippen LogP contribution in [0.1, 0.15) is 12.5 Å². The summed E-state index contributed by atoms with van der Waals surface area (Å²) in [5, 5.41) is 8.41. The molecule has 1 aromatic rings. The lowest BCUT2D eigenvalue weighted by molar-refractivity contribution is 0.206. The lowest BCUT2D eigenvalue weighted by Crippen LogP contribution is -2.49. The Morgan fingerprint density at radius 2 is 2.00 bits per heavy atom. The summed E-state index contributed by atoms with van der Waals surface area (Å²) in [4.78, 5) is 11.3. The van der Waals surface area contributed by atoms with Crippen LogP contribution in [0.2, 0.25) is 0 Å². The van der Waals surface area contributed by atoms with Crippen LogP contribution in [0.5, 0.6) is 0 Å². The number of urea groups is 1. The lowest BCUT2D eigenvalue weighted by atomic mass is 10.0. The molecule has 1 N–H and O–H groups in total. The fourth-order valence-electron chi connectivity index (χ4n) is 1.56. The fraction of sp³-hybridized carbons (Fsp3) is 0.273. The highest BCUT2D eigenvalue weighted by atomic mass is 16.2. The Labute approximate surface area is 88.6 Å². The highest BCUT2D eigenvalue weighted by Crippen LogP contribution is 2.09. The number of hydrazone groups is 1. The van der Waals surface area contributed by atoms with Crippen LogP contribution in [0.4, 0.5) is 4.79 Å². The van der Waals surface area contributed by atoms with E-state index in [4.69, 9.17) is 0 Å². The molecule has 1 atom stereocenters. The molecule has 4 heteroatoms. The molecule has 1 aliphatic rings. The van der Waals surface area contributed by atoms with Gasteiger partial charge >= 0.3 is 6.03 Å². The molecule has 4 nitrogen and oxygen atoms in total. The number of benzene rings is 1. The average molecular weight is 203 g/mol. The van der Waals surface area contributed by atoms with Crippen LogP contribution >= 0.6 is 0 Å². The third-order valence-electron chi connectivity index (χ3n) is 2.37. The number of hydrogen-bond acceptors (Lipinski definition) is 2. The Morgan fingerprint density at radius 1 is 1.33 bits per heavy atom. The van der Waals surface area contributed by atoms with E-state index in [0.29, 0.717) is 0 Å². The van der Waals surface area contributed by atoms with Crippen LogP contribution in [0, 0.1) is 0 Å². The number of rotatable bonds is 1. The molecule has 0 saturated heterocycles. The zero-order chi connectivity index (χ0) is 10.8. The molecule has 0 spiro atoms. The fourth-order valence-corrected chi connectivity index (χ4v) is 1.56. The van der Waals surface area contributed by atoms with Gasteiger partial charge < -0.3 is 5.32 Å². The Kier molecular flexibility index (Phi) is 2.41. The minimum absolute atomic E-state index is 0.0453. The zero-order valence-corrected chi connectivity index (χ0v) is 8.77. The molecule has 1 heterocycles. The van der Waals surface area contributed by atoms with E-state index in [0.717, 1.165) is 11.3 Å². The maximum atomic E-state index is 11.3. The Hall–Kier alpha value is -1.84. The highest BCUT2D eigenvalue weighted by molar-refractivity contribution is 6.07. The third kappa shape index (κ3) is 1.83. The number of nitrogens with one attached hydrogen (secondary N) is 1. The number of carbonyl (C=O) groups excluding carboxylic acids is 1. The summed E-state index contributed by atoms with van der Waals surface area (Å²) in [5.74, 6) is 0. The quantitative estimate of drug-likeness (QED) is 0.737. The lowest BCUT2D eigenvalue weighted by Gasteiger charge is -2.26. The minimum atomic E-state index is -0.165. The molecule has 78 valence electrons. The van der Waals surface area contributed by atoms with E-state index in [1.54, 1.807) is 7.05 Å². The Morgan fingerprint density at radius 3 is 2.67 bits per heavy atom. The largest absolute Gasteiger partial charge is 0.338 e. The van der Waals surface area contributed by atoms with Crippen molar-refractivity contribution in [1.82, 2.24) is 10.3 Å². The summed E-state index contributed by atoms with van der Waals surface area (Å²) in [7, 11) is 1.64. The van der Waals surface area contributed by atoms with Crippen molar-refractivity contribution < 1.29 is 4.79 Å². The topological polar surface area (TPSA) is 44.7 Å². The molecule has 2 amide bonds. The summed E-state index contributed by atoms with van der Waals surface area (Å²) >= 11 is 0. The van der Waals surface area contributed by atoms with Crippen molar-refractivity contribution in [3.63, 3.8) is 0 Å². The van der Waals surface area contributed by atoms with Gasteiger partial charge in [-0.1, -0.05) is 30.3 Å². The summed E-state index contributed by atoms with van der Waals surface area (Å²) in [6.07, 6.45) is 0. The first-order valence-corrected chi connectivity index (χ1v) is 4.86. The molecule has 1 aliphatic heterocycles. The van der Waals surface area contributed by atoms with Gasteiger partial charge in [0.25, 0.3) is 0 Å². The first-order valence-electron chi connectivity index (χ1n) is 4.86. The van der Waals surface area contributed by atoms with Gasteiger partial charge in [0.2, 0.25) is 0 Å². The molecule has 0 radical (unpaired) electrons. The van der Waals surface area contributed by atoms with E-state index in [2.05, 4.69) is 10.4 Å². The van der Waals surface area contributed by atoms with Gasteiger partial charge in [-0.05, 0) is 12.5 Å². The van der Waals surface area contributed by atoms with Crippen molar-refractivity contribution in [3.05, 3.63) is 35.9 Å². The minimum Gasteiger partial charge on any atom is -0.328 e. The Bertz CT molecular complexity index is 400. The van der Waals surface area contributed by atoms with Gasteiger partial charge in [-0.25, -0.2) is 9.80 Å². The van der Waals surface area contributed by atoms with E-state index in [-0.39, 0.29) is 12.1 Å². The molecule has 0 aliphatic carbocycles. The molecule has 1 unspecified atom stereocenters. The van der Waals surface area contributed by atoms with Crippen molar-refractivity contribution >= 4 is 11.7 Å². The van der Waals surface area contributed by atoms with Gasteiger partial charge in [-0.15, -0.1) is 0 Å². The predicted molar refractivity (Wildman–Crippen MR) is 58.7 cm³/mol. The number of carbonyl (C=O) groups is 1. The van der Waals surface area contributed by atoms with Crippen LogP contribution in [0.3, 0.4) is 0 Å². The van der Waals surface area contributed by atoms with E-state index >= 15 is 0 Å². The molecular formula is C11H13N3O. The molecule has 0 aromatic heterocycles. The van der Waals surface area contributed by atoms with Gasteiger partial charge in [0.1, 0.15) is 0 Å². The number of amides is 2. The van der Waals surface area contributed by atoms with Crippen LogP contribution in [0.15, 0.2) is 35.4 Å². The first kappa shape index (κ1) is 9.71. The standard InChI is InChI=1S/C11H13N3O/c1-8-10(9-6-4-3-5-7-9)13-14(2)11(15)12-8/h3-8H,1-2H3,(H,12,15). The van der Waals surface area contributed by atoms with Crippen LogP contribution in [-0.2, 0) is 0 Å². The third-order valence-corrected chi connectivity index (χ3v) is 2.37. The molecular weight excluding hydrogens is 190 g/mol. The van der Waals surface area contributed by atoms with E-state index in [9.17, 15) is 4.79 Å². The molecule has 0 bridgehead atoms. The normalized spacial score (nSPS) is 20.9. The molecule has 1 aromatic carbocycles. The SMILES string of the molecule is CC1NC(=O)N(C)N=C1c1ccccc1. The molecule has 0 saturated carbocycles. The first-order chi connectivity index (χ1) is 7.18. The monoisotopic (exact) mass is 203 g/mol. The van der Waals surface area contributed by atoms with E-state index in [1.807, 2.05) is 37.3 Å². The smallest absolute Gasteiger partial charge is 0.328 e. The van der Waals surface area contributed by atoms with Gasteiger partial charge in [0, 0.05) is 7.05 Å². The zero-order valence-electron chi connectivity index (χ0n) is 8.77. The van der Waals surface area contributed by atoms with Gasteiger partial charge in [0.05, 0.1) is 11.8 Å². The van der Waals surface area contributed by atoms with Crippen LogP contribution in [-0.4, -0.2) is 29.8 Å². The highest BCUT2D eigenvalue weighted by Gasteiger charge is 2.23. The predicted octanol–water partition coefficient (Wildman–Crippen LogP) is 1.43. The van der Waals surface area contributed by atoms with Crippen LogP contribution < -0.4 is 5.32 Å². The molecule has 0 fully saturated rings. The van der Waals surface area contributed by atoms with Crippen molar-refractivity contribution in [3.8, 4) is 0 Å². The summed E-state index contributed by atoms with van der Waals surface area (Å²) in [6, 6.07) is 9.64. The maximum Gasteiger partial charge on any atom is 0.338 e. The Balaban J connectivity index is 2.37. The van der Waals surface area contributed by atoms with Gasteiger partial charge in [-0.2, -0.15) is 5.10 Å². The second-order valence-corrected chi connectivity index (χ2v) is 3.55. The van der Waals surface area contributed by atoms with Crippen molar-refractivity contribution in [1.29, 1.82) is 0 Å². The number of nitrogens with zero attached hydrogens (tertiary/aromatic N) is 2. The van der Waals surface area contributed by atoms with Gasteiger partial charge in [-0.3, -0.25) is 0 Å². The summed E-state index contributed by atoms with van der Waals surface area (Å²) < 4.78 is 0. The average Bonchev–Trinajstić information content (AvgIpc) is 2.25. The van der Waals surface area contributed by atoms with Crippen molar-refractivity contribution in [2.45, 2.75) is 13.0 Å². The maximum absolute atomic E-state index is 11.3. The van der Waals surface area contributed by atoms with Crippen LogP contribution in [0.25, 0.3) is 0 Å². The molecule has 15 heavy (non-hydrogen) atoms. The van der Waals surface area contributed by atoms with E-state index in [1.165, 1.54) is 5.01 Å². The summed E-state index contributed by atoms with van der Waals surface area (Å²) in [6.45, 7) is 1.93. The van der Waals surface area contributed by atoms with Gasteiger partial charge in [0.15, 0.2) is 0 Å². The van der Waals surface area contributed by atoms with E-state index < -0.39 is 0 Å².